The summed E-state index contributed by atoms with van der Waals surface area (Å²) in [6, 6.07) is 11.5. The van der Waals surface area contributed by atoms with Gasteiger partial charge in [0.05, 0.1) is 5.52 Å². The highest BCUT2D eigenvalue weighted by Gasteiger charge is 2.15. The summed E-state index contributed by atoms with van der Waals surface area (Å²) in [5.41, 5.74) is 4.26. The molecule has 1 aromatic heterocycles. The number of aromatic nitrogens is 1. The van der Waals surface area contributed by atoms with E-state index in [1.165, 1.54) is 0 Å². The van der Waals surface area contributed by atoms with Gasteiger partial charge in [0, 0.05) is 12.4 Å². The van der Waals surface area contributed by atoms with Gasteiger partial charge in [-0.3, -0.25) is 4.79 Å². The van der Waals surface area contributed by atoms with Crippen molar-refractivity contribution in [3.8, 4) is 11.6 Å². The quantitative estimate of drug-likeness (QED) is 0.703. The summed E-state index contributed by atoms with van der Waals surface area (Å²) in [6.45, 7) is 5.67. The van der Waals surface area contributed by atoms with Crippen LogP contribution >= 0.6 is 0 Å². The number of hydrogen-bond acceptors (Lipinski definition) is 4. The highest BCUT2D eigenvalue weighted by atomic mass is 16.5. The van der Waals surface area contributed by atoms with Gasteiger partial charge in [-0.15, -0.1) is 10.2 Å². The maximum absolute atomic E-state index is 12.0. The largest absolute Gasteiger partial charge is 0.493 e. The van der Waals surface area contributed by atoms with Gasteiger partial charge < -0.3 is 14.4 Å². The Labute approximate surface area is 151 Å². The average Bonchev–Trinajstić information content (AvgIpc) is 2.81. The summed E-state index contributed by atoms with van der Waals surface area (Å²) in [5, 5.41) is 18.7. The van der Waals surface area contributed by atoms with E-state index in [0.29, 0.717) is 5.75 Å². The Morgan fingerprint density at radius 3 is 2.46 bits per heavy atom. The molecule has 6 heteroatoms. The first-order chi connectivity index (χ1) is 12.3. The summed E-state index contributed by atoms with van der Waals surface area (Å²) in [4.78, 5) is 12.0. The monoisotopic (exact) mass is 351 g/mol. The number of carbonyl (C=O) groups excluding carboxylic acids is 1. The number of rotatable bonds is 4. The zero-order chi connectivity index (χ0) is 18.8. The van der Waals surface area contributed by atoms with Crippen molar-refractivity contribution >= 4 is 22.5 Å². The molecule has 0 atom stereocenters. The van der Waals surface area contributed by atoms with E-state index in [-0.39, 0.29) is 18.2 Å². The number of fused-ring (bicyclic) bond motifs is 1. The van der Waals surface area contributed by atoms with Crippen LogP contribution in [0.5, 0.6) is 11.6 Å². The number of nitrogens with zero attached hydrogens (tertiary/aromatic N) is 3. The molecule has 0 radical (unpaired) electrons. The normalized spacial score (nSPS) is 11.4. The summed E-state index contributed by atoms with van der Waals surface area (Å²) in [5.74, 6) is 0.0697. The molecule has 0 saturated heterocycles. The summed E-state index contributed by atoms with van der Waals surface area (Å²) in [6.07, 6.45) is 0. The molecule has 6 nitrogen and oxygen atoms in total. The summed E-state index contributed by atoms with van der Waals surface area (Å²) < 4.78 is 7.10. The Morgan fingerprint density at radius 2 is 1.77 bits per heavy atom. The van der Waals surface area contributed by atoms with Crippen molar-refractivity contribution in [3.05, 3.63) is 53.1 Å². The molecule has 1 amide bonds. The predicted octanol–water partition coefficient (Wildman–Crippen LogP) is 4.50. The van der Waals surface area contributed by atoms with Crippen LogP contribution in [-0.4, -0.2) is 22.2 Å². The first-order valence-corrected chi connectivity index (χ1v) is 8.29. The van der Waals surface area contributed by atoms with Crippen molar-refractivity contribution in [2.75, 3.05) is 6.61 Å². The molecule has 0 bridgehead atoms. The zero-order valence-corrected chi connectivity index (χ0v) is 15.3. The number of benzene rings is 2. The van der Waals surface area contributed by atoms with Gasteiger partial charge in [-0.25, -0.2) is 0 Å². The maximum Gasteiger partial charge on any atom is 0.302 e. The Morgan fingerprint density at radius 1 is 1.08 bits per heavy atom. The summed E-state index contributed by atoms with van der Waals surface area (Å²) in [7, 11) is 1.73. The highest BCUT2D eigenvalue weighted by Crippen LogP contribution is 2.38. The van der Waals surface area contributed by atoms with E-state index in [2.05, 4.69) is 10.2 Å². The minimum Gasteiger partial charge on any atom is -0.493 e. The number of azo groups is 1. The Hall–Kier alpha value is -3.15. The molecule has 2 aromatic carbocycles. The van der Waals surface area contributed by atoms with Crippen LogP contribution in [0.25, 0.3) is 10.9 Å². The van der Waals surface area contributed by atoms with Crippen molar-refractivity contribution in [1.29, 1.82) is 0 Å². The number of aromatic hydroxyl groups is 1. The molecule has 1 heterocycles. The molecule has 0 fully saturated rings. The second-order valence-electron chi connectivity index (χ2n) is 6.46. The third kappa shape index (κ3) is 3.59. The van der Waals surface area contributed by atoms with Gasteiger partial charge in [0.25, 0.3) is 0 Å². The van der Waals surface area contributed by atoms with E-state index < -0.39 is 5.91 Å². The first-order valence-electron chi connectivity index (χ1n) is 8.29. The van der Waals surface area contributed by atoms with Crippen molar-refractivity contribution in [2.24, 2.45) is 17.3 Å². The van der Waals surface area contributed by atoms with E-state index in [1.54, 1.807) is 11.6 Å². The number of aryl methyl sites for hydroxylation is 4. The molecule has 0 aliphatic heterocycles. The van der Waals surface area contributed by atoms with Gasteiger partial charge in [0.1, 0.15) is 5.75 Å². The fourth-order valence-corrected chi connectivity index (χ4v) is 2.92. The molecule has 134 valence electrons. The molecule has 0 aliphatic rings. The standard InChI is InChI=1S/C20H21N3O3/c1-12-5-6-17-16(10-12)19(20(25)23(17)4)22-21-18(24)11-26-15-8-13(2)7-14(3)9-15/h5-10,25H,11H2,1-4H3. The topological polar surface area (TPSA) is 76.2 Å². The van der Waals surface area contributed by atoms with Crippen molar-refractivity contribution < 1.29 is 14.6 Å². The Balaban J connectivity index is 1.77. The van der Waals surface area contributed by atoms with E-state index in [1.807, 2.05) is 57.2 Å². The zero-order valence-electron chi connectivity index (χ0n) is 15.3. The van der Waals surface area contributed by atoms with Crippen LogP contribution in [0, 0.1) is 20.8 Å². The molecule has 3 aromatic rings. The summed E-state index contributed by atoms with van der Waals surface area (Å²) >= 11 is 0. The van der Waals surface area contributed by atoms with Crippen molar-refractivity contribution in [2.45, 2.75) is 20.8 Å². The van der Waals surface area contributed by atoms with Crippen LogP contribution in [0.4, 0.5) is 5.69 Å². The van der Waals surface area contributed by atoms with Crippen LogP contribution in [0.1, 0.15) is 16.7 Å². The number of amides is 1. The average molecular weight is 351 g/mol. The second-order valence-corrected chi connectivity index (χ2v) is 6.46. The van der Waals surface area contributed by atoms with Crippen LogP contribution in [-0.2, 0) is 11.8 Å². The third-order valence-corrected chi connectivity index (χ3v) is 4.12. The van der Waals surface area contributed by atoms with Gasteiger partial charge in [-0.2, -0.15) is 0 Å². The Bertz CT molecular complexity index is 999. The van der Waals surface area contributed by atoms with Crippen molar-refractivity contribution in [1.82, 2.24) is 4.57 Å². The molecule has 3 rings (SSSR count). The van der Waals surface area contributed by atoms with E-state index in [4.69, 9.17) is 4.74 Å². The third-order valence-electron chi connectivity index (χ3n) is 4.12. The van der Waals surface area contributed by atoms with Gasteiger partial charge in [-0.05, 0) is 56.2 Å². The Kier molecular flexibility index (Phi) is 4.75. The molecular formula is C20H21N3O3. The van der Waals surface area contributed by atoms with E-state index in [9.17, 15) is 9.90 Å². The van der Waals surface area contributed by atoms with Crippen LogP contribution in [0.15, 0.2) is 46.6 Å². The smallest absolute Gasteiger partial charge is 0.302 e. The molecule has 1 N–H and O–H groups in total. The van der Waals surface area contributed by atoms with Gasteiger partial charge in [0.2, 0.25) is 5.88 Å². The highest BCUT2D eigenvalue weighted by molar-refractivity contribution is 5.95. The predicted molar refractivity (Wildman–Crippen MR) is 100 cm³/mol. The lowest BCUT2D eigenvalue weighted by atomic mass is 10.1. The second kappa shape index (κ2) is 7.00. The molecule has 0 spiro atoms. The minimum atomic E-state index is -0.520. The van der Waals surface area contributed by atoms with Crippen LogP contribution in [0.3, 0.4) is 0 Å². The first kappa shape index (κ1) is 17.7. The molecule has 26 heavy (non-hydrogen) atoms. The lowest BCUT2D eigenvalue weighted by Crippen LogP contribution is -2.08. The van der Waals surface area contributed by atoms with Gasteiger partial charge in [-0.1, -0.05) is 17.7 Å². The van der Waals surface area contributed by atoms with Gasteiger partial charge in [0.15, 0.2) is 12.3 Å². The fraction of sp³-hybridized carbons (Fsp3) is 0.250. The molecule has 0 saturated carbocycles. The van der Waals surface area contributed by atoms with E-state index >= 15 is 0 Å². The van der Waals surface area contributed by atoms with Gasteiger partial charge >= 0.3 is 5.91 Å². The number of carbonyl (C=O) groups is 1. The fourth-order valence-electron chi connectivity index (χ4n) is 2.92. The number of ether oxygens (including phenoxy) is 1. The van der Waals surface area contributed by atoms with E-state index in [0.717, 1.165) is 27.6 Å². The SMILES string of the molecule is Cc1cc(C)cc(OCC(=O)N=Nc2c(O)n(C)c3ccc(C)cc23)c1. The number of hydrogen-bond donors (Lipinski definition) is 1. The minimum absolute atomic E-state index is 0.0302. The lowest BCUT2D eigenvalue weighted by molar-refractivity contribution is -0.120. The van der Waals surface area contributed by atoms with Crippen LogP contribution in [0.2, 0.25) is 0 Å². The molecule has 0 aliphatic carbocycles. The lowest BCUT2D eigenvalue weighted by Gasteiger charge is -2.05. The molecule has 0 unspecified atom stereocenters. The van der Waals surface area contributed by atoms with Crippen molar-refractivity contribution in [3.63, 3.8) is 0 Å². The maximum atomic E-state index is 12.0. The molecular weight excluding hydrogens is 330 g/mol. The van der Waals surface area contributed by atoms with Crippen LogP contribution < -0.4 is 4.74 Å².